The van der Waals surface area contributed by atoms with Crippen LogP contribution in [0.25, 0.3) is 0 Å². The average Bonchev–Trinajstić information content (AvgIpc) is 2.36. The van der Waals surface area contributed by atoms with Gasteiger partial charge in [-0.25, -0.2) is 0 Å². The summed E-state index contributed by atoms with van der Waals surface area (Å²) in [4.78, 5) is 0. The Morgan fingerprint density at radius 2 is 2.50 bits per heavy atom. The predicted molar refractivity (Wildman–Crippen MR) is 43.3 cm³/mol. The van der Waals surface area contributed by atoms with Gasteiger partial charge in [-0.2, -0.15) is 0 Å². The molecule has 3 heteroatoms. The second-order valence-corrected chi connectivity index (χ2v) is 2.79. The molecule has 56 valence electrons. The standard InChI is InChI=1S/C7H11NOS/c1-10-7-3-2-4-8(7)5-6-9/h2-4,9H,5-6H2,1H3. The first kappa shape index (κ1) is 7.69. The molecule has 0 aliphatic heterocycles. The van der Waals surface area contributed by atoms with Crippen LogP contribution in [0.15, 0.2) is 23.4 Å². The van der Waals surface area contributed by atoms with E-state index >= 15 is 0 Å². The van der Waals surface area contributed by atoms with Gasteiger partial charge < -0.3 is 9.67 Å². The predicted octanol–water partition coefficient (Wildman–Crippen LogP) is 1.20. The molecule has 0 amide bonds. The molecular formula is C7H11NOS. The molecular weight excluding hydrogens is 146 g/mol. The highest BCUT2D eigenvalue weighted by Crippen LogP contribution is 2.14. The molecule has 0 spiro atoms. The summed E-state index contributed by atoms with van der Waals surface area (Å²) in [6, 6.07) is 4.03. The van der Waals surface area contributed by atoms with E-state index in [1.807, 2.05) is 29.2 Å². The van der Waals surface area contributed by atoms with E-state index < -0.39 is 0 Å². The van der Waals surface area contributed by atoms with Crippen molar-refractivity contribution in [2.75, 3.05) is 12.9 Å². The third-order valence-electron chi connectivity index (χ3n) is 1.34. The third kappa shape index (κ3) is 1.55. The van der Waals surface area contributed by atoms with Crippen molar-refractivity contribution in [3.8, 4) is 0 Å². The maximum Gasteiger partial charge on any atom is 0.0746 e. The Balaban J connectivity index is 2.70. The summed E-state index contributed by atoms with van der Waals surface area (Å²) in [6.07, 6.45) is 4.01. The molecule has 1 N–H and O–H groups in total. The molecule has 0 radical (unpaired) electrons. The number of rotatable bonds is 3. The van der Waals surface area contributed by atoms with Gasteiger partial charge in [0.1, 0.15) is 0 Å². The minimum Gasteiger partial charge on any atom is -0.395 e. The number of aliphatic hydroxyl groups excluding tert-OH is 1. The zero-order valence-corrected chi connectivity index (χ0v) is 6.77. The molecule has 2 nitrogen and oxygen atoms in total. The monoisotopic (exact) mass is 157 g/mol. The van der Waals surface area contributed by atoms with Crippen molar-refractivity contribution < 1.29 is 5.11 Å². The third-order valence-corrected chi connectivity index (χ3v) is 2.13. The molecule has 1 aromatic rings. The Hall–Kier alpha value is -0.410. The van der Waals surface area contributed by atoms with Gasteiger partial charge in [0.15, 0.2) is 0 Å². The smallest absolute Gasteiger partial charge is 0.0746 e. The van der Waals surface area contributed by atoms with Crippen molar-refractivity contribution >= 4 is 11.8 Å². The topological polar surface area (TPSA) is 25.2 Å². The van der Waals surface area contributed by atoms with Crippen LogP contribution in [0.2, 0.25) is 0 Å². The van der Waals surface area contributed by atoms with E-state index in [4.69, 9.17) is 5.11 Å². The van der Waals surface area contributed by atoms with Crippen molar-refractivity contribution in [3.63, 3.8) is 0 Å². The average molecular weight is 157 g/mol. The van der Waals surface area contributed by atoms with Gasteiger partial charge in [0, 0.05) is 12.7 Å². The minimum absolute atomic E-state index is 0.211. The van der Waals surface area contributed by atoms with Crippen molar-refractivity contribution in [2.24, 2.45) is 0 Å². The lowest BCUT2D eigenvalue weighted by atomic mass is 10.7. The van der Waals surface area contributed by atoms with Crippen LogP contribution in [0.4, 0.5) is 0 Å². The van der Waals surface area contributed by atoms with E-state index in [-0.39, 0.29) is 6.61 Å². The van der Waals surface area contributed by atoms with Crippen LogP contribution in [-0.4, -0.2) is 22.5 Å². The molecule has 0 saturated heterocycles. The second kappa shape index (κ2) is 3.68. The number of hydrogen-bond donors (Lipinski definition) is 1. The van der Waals surface area contributed by atoms with Crippen LogP contribution in [-0.2, 0) is 6.54 Å². The summed E-state index contributed by atoms with van der Waals surface area (Å²) in [5.74, 6) is 0. The molecule has 0 unspecified atom stereocenters. The molecule has 0 fully saturated rings. The maximum absolute atomic E-state index is 8.63. The molecule has 0 aliphatic carbocycles. The van der Waals surface area contributed by atoms with Crippen LogP contribution >= 0.6 is 11.8 Å². The number of hydrogen-bond acceptors (Lipinski definition) is 2. The summed E-state index contributed by atoms with van der Waals surface area (Å²) in [5, 5.41) is 9.83. The summed E-state index contributed by atoms with van der Waals surface area (Å²) in [5.41, 5.74) is 0. The molecule has 10 heavy (non-hydrogen) atoms. The van der Waals surface area contributed by atoms with Gasteiger partial charge in [0.25, 0.3) is 0 Å². The van der Waals surface area contributed by atoms with Crippen molar-refractivity contribution in [1.29, 1.82) is 0 Å². The summed E-state index contributed by atoms with van der Waals surface area (Å²) < 4.78 is 2.03. The van der Waals surface area contributed by atoms with Crippen molar-refractivity contribution in [1.82, 2.24) is 4.57 Å². The zero-order chi connectivity index (χ0) is 7.40. The molecule has 0 bridgehead atoms. The zero-order valence-electron chi connectivity index (χ0n) is 5.95. The Morgan fingerprint density at radius 1 is 1.70 bits per heavy atom. The van der Waals surface area contributed by atoms with E-state index in [9.17, 15) is 0 Å². The number of nitrogens with zero attached hydrogens (tertiary/aromatic N) is 1. The van der Waals surface area contributed by atoms with Crippen molar-refractivity contribution in [3.05, 3.63) is 18.3 Å². The second-order valence-electron chi connectivity index (χ2n) is 1.97. The van der Waals surface area contributed by atoms with E-state index in [0.717, 1.165) is 0 Å². The number of thioether (sulfide) groups is 1. The Kier molecular flexibility index (Phi) is 2.83. The summed E-state index contributed by atoms with van der Waals surface area (Å²) >= 11 is 1.69. The summed E-state index contributed by atoms with van der Waals surface area (Å²) in [7, 11) is 0. The molecule has 0 aromatic carbocycles. The highest BCUT2D eigenvalue weighted by atomic mass is 32.2. The van der Waals surface area contributed by atoms with Gasteiger partial charge in [-0.3, -0.25) is 0 Å². The molecule has 1 aromatic heterocycles. The first-order valence-electron chi connectivity index (χ1n) is 3.18. The van der Waals surface area contributed by atoms with E-state index in [1.54, 1.807) is 11.8 Å². The van der Waals surface area contributed by atoms with Crippen LogP contribution in [0.3, 0.4) is 0 Å². The molecule has 0 saturated carbocycles. The Labute approximate surface area is 64.9 Å². The largest absolute Gasteiger partial charge is 0.395 e. The fourth-order valence-electron chi connectivity index (χ4n) is 0.876. The van der Waals surface area contributed by atoms with Crippen molar-refractivity contribution in [2.45, 2.75) is 11.6 Å². The first-order valence-corrected chi connectivity index (χ1v) is 4.41. The minimum atomic E-state index is 0.211. The maximum atomic E-state index is 8.63. The number of aromatic nitrogens is 1. The van der Waals surface area contributed by atoms with Gasteiger partial charge in [0.05, 0.1) is 11.6 Å². The quantitative estimate of drug-likeness (QED) is 0.667. The first-order chi connectivity index (χ1) is 4.88. The Morgan fingerprint density at radius 3 is 3.10 bits per heavy atom. The highest BCUT2D eigenvalue weighted by molar-refractivity contribution is 7.98. The van der Waals surface area contributed by atoms with Gasteiger partial charge in [-0.05, 0) is 18.4 Å². The fourth-order valence-corrected chi connectivity index (χ4v) is 1.48. The lowest BCUT2D eigenvalue weighted by Crippen LogP contribution is -2.00. The Bertz CT molecular complexity index is 197. The normalized spacial score (nSPS) is 10.2. The van der Waals surface area contributed by atoms with Gasteiger partial charge in [0.2, 0.25) is 0 Å². The van der Waals surface area contributed by atoms with E-state index in [0.29, 0.717) is 6.54 Å². The van der Waals surface area contributed by atoms with Crippen LogP contribution in [0.5, 0.6) is 0 Å². The molecule has 0 aliphatic rings. The van der Waals surface area contributed by atoms with Crippen LogP contribution < -0.4 is 0 Å². The van der Waals surface area contributed by atoms with Gasteiger partial charge in [-0.1, -0.05) is 0 Å². The number of aliphatic hydroxyl groups is 1. The molecule has 1 heterocycles. The van der Waals surface area contributed by atoms with Gasteiger partial charge in [-0.15, -0.1) is 11.8 Å². The highest BCUT2D eigenvalue weighted by Gasteiger charge is 1.95. The SMILES string of the molecule is CSc1cccn1CCO. The lowest BCUT2D eigenvalue weighted by Gasteiger charge is -2.02. The van der Waals surface area contributed by atoms with E-state index in [2.05, 4.69) is 0 Å². The fraction of sp³-hybridized carbons (Fsp3) is 0.429. The van der Waals surface area contributed by atoms with E-state index in [1.165, 1.54) is 5.03 Å². The van der Waals surface area contributed by atoms with Crippen LogP contribution in [0, 0.1) is 0 Å². The van der Waals surface area contributed by atoms with Gasteiger partial charge >= 0.3 is 0 Å². The van der Waals surface area contributed by atoms with Crippen LogP contribution in [0.1, 0.15) is 0 Å². The summed E-state index contributed by atoms with van der Waals surface area (Å²) in [6.45, 7) is 0.908. The molecule has 1 rings (SSSR count). The molecule has 0 atom stereocenters. The lowest BCUT2D eigenvalue weighted by molar-refractivity contribution is 0.272.